The number of piperazine rings is 1. The molecule has 2 rings (SSSR count). The molecule has 0 aliphatic carbocycles. The topological polar surface area (TPSA) is 19.4 Å². The average molecular weight is 472 g/mol. The quantitative estimate of drug-likeness (QED) is 0.425. The summed E-state index contributed by atoms with van der Waals surface area (Å²) in [5.74, 6) is 0. The van der Waals surface area contributed by atoms with E-state index in [0.717, 1.165) is 13.1 Å². The first-order valence-electron chi connectivity index (χ1n) is 10.5. The molecule has 1 aliphatic heterocycles. The minimum absolute atomic E-state index is 1.14. The number of anilines is 1. The van der Waals surface area contributed by atoms with Crippen molar-refractivity contribution in [3.63, 3.8) is 0 Å². The molecule has 0 unspecified atom stereocenters. The number of hydrogen-bond donors (Lipinski definition) is 0. The van der Waals surface area contributed by atoms with Gasteiger partial charge in [-0.2, -0.15) is 0 Å². The molecule has 2 heterocycles. The molecule has 0 atom stereocenters. The molecule has 25 heavy (non-hydrogen) atoms. The number of thiazole rings is 1. The molecule has 1 fully saturated rings. The molecule has 144 valence electrons. The Hall–Kier alpha value is 0.189. The summed E-state index contributed by atoms with van der Waals surface area (Å²) >= 11 is -0.180. The van der Waals surface area contributed by atoms with E-state index in [1.807, 2.05) is 0 Å². The molecule has 0 N–H and O–H groups in total. The van der Waals surface area contributed by atoms with E-state index < -0.39 is 18.4 Å². The first kappa shape index (κ1) is 21.5. The molecule has 3 nitrogen and oxygen atoms in total. The Kier molecular flexibility index (Phi) is 9.56. The van der Waals surface area contributed by atoms with Crippen LogP contribution in [-0.2, 0) is 0 Å². The number of hydrogen-bond acceptors (Lipinski definition) is 4. The second kappa shape index (κ2) is 11.1. The second-order valence-electron chi connectivity index (χ2n) is 7.89. The summed E-state index contributed by atoms with van der Waals surface area (Å²) in [5, 5.41) is 1.31. The van der Waals surface area contributed by atoms with E-state index in [-0.39, 0.29) is 0 Å². The van der Waals surface area contributed by atoms with E-state index in [4.69, 9.17) is 4.98 Å². The number of likely N-dealkylation sites (N-methyl/N-ethyl adjacent to an activating group) is 1. The maximum atomic E-state index is 4.93. The summed E-state index contributed by atoms with van der Waals surface area (Å²) in [7, 11) is 2.23. The normalized spacial score (nSPS) is 16.6. The molecule has 0 amide bonds. The fraction of sp³-hybridized carbons (Fsp3) is 0.850. The van der Waals surface area contributed by atoms with Crippen molar-refractivity contribution in [1.29, 1.82) is 0 Å². The van der Waals surface area contributed by atoms with Crippen molar-refractivity contribution >= 4 is 37.7 Å². The molecule has 0 spiro atoms. The van der Waals surface area contributed by atoms with Gasteiger partial charge in [-0.05, 0) is 0 Å². The molecule has 0 bridgehead atoms. The van der Waals surface area contributed by atoms with Gasteiger partial charge in [-0.1, -0.05) is 0 Å². The Morgan fingerprint density at radius 3 is 1.92 bits per heavy atom. The van der Waals surface area contributed by atoms with E-state index in [1.165, 1.54) is 56.7 Å². The molecule has 0 aromatic carbocycles. The van der Waals surface area contributed by atoms with Crippen LogP contribution in [0.3, 0.4) is 0 Å². The van der Waals surface area contributed by atoms with Gasteiger partial charge in [0.1, 0.15) is 0 Å². The van der Waals surface area contributed by atoms with Gasteiger partial charge in [0.15, 0.2) is 0 Å². The van der Waals surface area contributed by atoms with Crippen molar-refractivity contribution in [2.45, 2.75) is 72.6 Å². The third-order valence-corrected chi connectivity index (χ3v) is 25.0. The van der Waals surface area contributed by atoms with Crippen molar-refractivity contribution in [2.75, 3.05) is 38.1 Å². The summed E-state index contributed by atoms with van der Waals surface area (Å²) in [6, 6.07) is 0. The predicted molar refractivity (Wildman–Crippen MR) is 116 cm³/mol. The van der Waals surface area contributed by atoms with Crippen LogP contribution < -0.4 is 7.79 Å². The summed E-state index contributed by atoms with van der Waals surface area (Å²) in [5.41, 5.74) is 0. The van der Waals surface area contributed by atoms with Gasteiger partial charge in [0.2, 0.25) is 0 Å². The van der Waals surface area contributed by atoms with Gasteiger partial charge in [-0.3, -0.25) is 0 Å². The van der Waals surface area contributed by atoms with E-state index in [1.54, 1.807) is 16.2 Å². The maximum absolute atomic E-state index is 4.93. The SMILES string of the molecule is CCC[CH2][Sn]([CH2]CCC)([CH2]CCC)[c]1cnc(N2CCN(C)CC2)s1. The Morgan fingerprint density at radius 1 is 0.920 bits per heavy atom. The van der Waals surface area contributed by atoms with Crippen molar-refractivity contribution in [1.82, 2.24) is 9.88 Å². The minimum atomic E-state index is -2.27. The Bertz CT molecular complexity index is 461. The van der Waals surface area contributed by atoms with Gasteiger partial charge in [0.25, 0.3) is 0 Å². The van der Waals surface area contributed by atoms with Gasteiger partial charge in [0.05, 0.1) is 0 Å². The average Bonchev–Trinajstić information content (AvgIpc) is 3.13. The van der Waals surface area contributed by atoms with Crippen molar-refractivity contribution in [2.24, 2.45) is 0 Å². The summed E-state index contributed by atoms with van der Waals surface area (Å²) in [6.07, 6.45) is 10.7. The zero-order chi connectivity index (χ0) is 18.1. The molecule has 0 radical (unpaired) electrons. The number of aromatic nitrogens is 1. The standard InChI is InChI=1S/C8H12N3S.3C4H9.Sn/c1-10-3-5-11(6-4-10)8-9-2-7-12-8;3*1-3-4-2;/h2H,3-6H2,1H3;3*1,3-4H2,2H3;. The Labute approximate surface area is 164 Å². The van der Waals surface area contributed by atoms with Crippen LogP contribution in [0.2, 0.25) is 13.3 Å². The fourth-order valence-electron chi connectivity index (χ4n) is 3.94. The van der Waals surface area contributed by atoms with Crippen LogP contribution in [0.15, 0.2) is 6.20 Å². The number of unbranched alkanes of at least 4 members (excludes halogenated alkanes) is 3. The molecular formula is C20H39N3SSn. The molecular weight excluding hydrogens is 433 g/mol. The second-order valence-corrected chi connectivity index (χ2v) is 23.1. The van der Waals surface area contributed by atoms with Gasteiger partial charge in [-0.25, -0.2) is 0 Å². The Morgan fingerprint density at radius 2 is 1.44 bits per heavy atom. The van der Waals surface area contributed by atoms with Gasteiger partial charge in [0, 0.05) is 0 Å². The van der Waals surface area contributed by atoms with Crippen LogP contribution in [0.4, 0.5) is 5.13 Å². The van der Waals surface area contributed by atoms with Crippen molar-refractivity contribution in [3.8, 4) is 0 Å². The molecule has 1 aliphatic rings. The summed E-state index contributed by atoms with van der Waals surface area (Å²) in [4.78, 5) is 9.89. The summed E-state index contributed by atoms with van der Waals surface area (Å²) < 4.78 is 6.43. The number of nitrogens with zero attached hydrogens (tertiary/aromatic N) is 3. The molecule has 0 saturated carbocycles. The van der Waals surface area contributed by atoms with E-state index >= 15 is 0 Å². The van der Waals surface area contributed by atoms with Crippen LogP contribution in [0.1, 0.15) is 59.3 Å². The van der Waals surface area contributed by atoms with Crippen LogP contribution in [0.25, 0.3) is 0 Å². The molecule has 1 saturated heterocycles. The van der Waals surface area contributed by atoms with Crippen LogP contribution in [-0.4, -0.2) is 61.5 Å². The van der Waals surface area contributed by atoms with Crippen molar-refractivity contribution < 1.29 is 0 Å². The first-order valence-corrected chi connectivity index (χ1v) is 18.8. The van der Waals surface area contributed by atoms with Crippen LogP contribution >= 0.6 is 11.3 Å². The van der Waals surface area contributed by atoms with Crippen molar-refractivity contribution in [3.05, 3.63) is 6.20 Å². The van der Waals surface area contributed by atoms with E-state index in [9.17, 15) is 0 Å². The first-order chi connectivity index (χ1) is 12.1. The molecule has 5 heteroatoms. The van der Waals surface area contributed by atoms with Crippen LogP contribution in [0, 0.1) is 0 Å². The van der Waals surface area contributed by atoms with Gasteiger partial charge in [-0.15, -0.1) is 0 Å². The third-order valence-electron chi connectivity index (χ3n) is 5.82. The zero-order valence-corrected chi connectivity index (χ0v) is 20.7. The monoisotopic (exact) mass is 473 g/mol. The number of rotatable bonds is 11. The molecule has 1 aromatic rings. The zero-order valence-electron chi connectivity index (χ0n) is 17.0. The molecule has 1 aromatic heterocycles. The summed E-state index contributed by atoms with van der Waals surface area (Å²) in [6.45, 7) is 11.7. The van der Waals surface area contributed by atoms with Gasteiger partial charge >= 0.3 is 165 Å². The van der Waals surface area contributed by atoms with E-state index in [0.29, 0.717) is 0 Å². The van der Waals surface area contributed by atoms with Gasteiger partial charge < -0.3 is 0 Å². The third kappa shape index (κ3) is 6.10. The predicted octanol–water partition coefficient (Wildman–Crippen LogP) is 4.95. The Balaban J connectivity index is 2.19. The fourth-order valence-corrected chi connectivity index (χ4v) is 23.6. The van der Waals surface area contributed by atoms with E-state index in [2.05, 4.69) is 55.2 Å². The van der Waals surface area contributed by atoms with Crippen LogP contribution in [0.5, 0.6) is 0 Å².